The first-order valence-corrected chi connectivity index (χ1v) is 9.61. The van der Waals surface area contributed by atoms with Crippen LogP contribution in [0.5, 0.6) is 11.5 Å². The van der Waals surface area contributed by atoms with Crippen LogP contribution >= 0.6 is 15.9 Å². The normalized spacial score (nSPS) is 15.1. The van der Waals surface area contributed by atoms with Crippen molar-refractivity contribution in [2.24, 2.45) is 5.73 Å². The van der Waals surface area contributed by atoms with Crippen molar-refractivity contribution in [1.29, 1.82) is 5.26 Å². The smallest absolute Gasteiger partial charge is 0.344 e. The maximum absolute atomic E-state index is 12.5. The van der Waals surface area contributed by atoms with E-state index >= 15 is 0 Å². The molecule has 5 nitrogen and oxygen atoms in total. The van der Waals surface area contributed by atoms with Gasteiger partial charge in [-0.15, -0.1) is 0 Å². The average molecular weight is 447 g/mol. The summed E-state index contributed by atoms with van der Waals surface area (Å²) in [5.74, 6) is -0.0209. The molecular weight excluding hydrogens is 432 g/mol. The number of fused-ring (bicyclic) bond motifs is 1. The summed E-state index contributed by atoms with van der Waals surface area (Å²) in [5.41, 5.74) is 8.49. The molecule has 0 saturated heterocycles. The highest BCUT2D eigenvalue weighted by molar-refractivity contribution is 9.10. The van der Waals surface area contributed by atoms with Crippen molar-refractivity contribution in [3.8, 4) is 17.6 Å². The first kappa shape index (κ1) is 18.8. The molecule has 4 rings (SSSR count). The maximum atomic E-state index is 12.5. The Morgan fingerprint density at radius 2 is 1.79 bits per heavy atom. The van der Waals surface area contributed by atoms with Gasteiger partial charge in [0.25, 0.3) is 0 Å². The predicted molar refractivity (Wildman–Crippen MR) is 111 cm³/mol. The lowest BCUT2D eigenvalue weighted by Gasteiger charge is -2.26. The van der Waals surface area contributed by atoms with E-state index in [1.165, 1.54) is 0 Å². The molecule has 3 aromatic rings. The van der Waals surface area contributed by atoms with Gasteiger partial charge in [0.1, 0.15) is 23.1 Å². The second-order valence-corrected chi connectivity index (χ2v) is 7.26. The molecule has 1 aliphatic rings. The molecular formula is C23H15BrN2O3. The van der Waals surface area contributed by atoms with Gasteiger partial charge in [-0.2, -0.15) is 5.26 Å². The Bertz CT molecular complexity index is 1170. The van der Waals surface area contributed by atoms with Crippen LogP contribution in [0.15, 0.2) is 88.7 Å². The standard InChI is InChI=1S/C23H15BrN2O3/c24-19-9-5-4-8-16(19)23(27)28-15-10-11-17-20(12-15)29-22(26)18(13-25)21(17)14-6-2-1-3-7-14/h1-12,21H,26H2/t21-/m1/s1. The number of hydrogen-bond acceptors (Lipinski definition) is 5. The van der Waals surface area contributed by atoms with Crippen molar-refractivity contribution >= 4 is 21.9 Å². The Morgan fingerprint density at radius 3 is 2.52 bits per heavy atom. The maximum Gasteiger partial charge on any atom is 0.344 e. The number of nitrogens with zero attached hydrogens (tertiary/aromatic N) is 1. The molecule has 2 N–H and O–H groups in total. The Kier molecular flexibility index (Phi) is 5.07. The second kappa shape index (κ2) is 7.82. The SMILES string of the molecule is N#CC1=C(N)Oc2cc(OC(=O)c3ccccc3Br)ccc2[C@H]1c1ccccc1. The van der Waals surface area contributed by atoms with Crippen molar-refractivity contribution in [3.05, 3.63) is 105 Å². The third-order valence-electron chi connectivity index (χ3n) is 4.63. The highest BCUT2D eigenvalue weighted by atomic mass is 79.9. The Morgan fingerprint density at radius 1 is 1.07 bits per heavy atom. The van der Waals surface area contributed by atoms with E-state index in [1.807, 2.05) is 36.4 Å². The van der Waals surface area contributed by atoms with Gasteiger partial charge in [-0.1, -0.05) is 48.5 Å². The van der Waals surface area contributed by atoms with Gasteiger partial charge in [0.05, 0.1) is 11.5 Å². The van der Waals surface area contributed by atoms with Gasteiger partial charge >= 0.3 is 5.97 Å². The largest absolute Gasteiger partial charge is 0.440 e. The van der Waals surface area contributed by atoms with Crippen LogP contribution in [0.1, 0.15) is 27.4 Å². The molecule has 0 fully saturated rings. The molecule has 0 saturated carbocycles. The number of ether oxygens (including phenoxy) is 2. The number of carbonyl (C=O) groups excluding carboxylic acids is 1. The number of nitrogens with two attached hydrogens (primary N) is 1. The number of hydrogen-bond donors (Lipinski definition) is 1. The van der Waals surface area contributed by atoms with E-state index in [0.29, 0.717) is 27.1 Å². The van der Waals surface area contributed by atoms with Gasteiger partial charge < -0.3 is 15.2 Å². The molecule has 0 unspecified atom stereocenters. The van der Waals surface area contributed by atoms with Crippen LogP contribution in [-0.2, 0) is 0 Å². The average Bonchev–Trinajstić information content (AvgIpc) is 2.73. The zero-order valence-electron chi connectivity index (χ0n) is 15.1. The molecule has 0 bridgehead atoms. The molecule has 0 spiro atoms. The fourth-order valence-corrected chi connectivity index (χ4v) is 3.72. The molecule has 142 valence electrons. The molecule has 0 amide bonds. The number of carbonyl (C=O) groups is 1. The van der Waals surface area contributed by atoms with Gasteiger partial charge in [-0.3, -0.25) is 0 Å². The van der Waals surface area contributed by atoms with Crippen LogP contribution in [-0.4, -0.2) is 5.97 Å². The summed E-state index contributed by atoms with van der Waals surface area (Å²) in [5, 5.41) is 9.60. The topological polar surface area (TPSA) is 85.3 Å². The summed E-state index contributed by atoms with van der Waals surface area (Å²) >= 11 is 3.35. The third-order valence-corrected chi connectivity index (χ3v) is 5.32. The van der Waals surface area contributed by atoms with E-state index in [4.69, 9.17) is 15.2 Å². The molecule has 0 aromatic heterocycles. The highest BCUT2D eigenvalue weighted by Gasteiger charge is 2.31. The minimum Gasteiger partial charge on any atom is -0.440 e. The van der Waals surface area contributed by atoms with Crippen molar-refractivity contribution in [2.45, 2.75) is 5.92 Å². The van der Waals surface area contributed by atoms with Crippen LogP contribution < -0.4 is 15.2 Å². The van der Waals surface area contributed by atoms with E-state index in [-0.39, 0.29) is 11.8 Å². The summed E-state index contributed by atoms with van der Waals surface area (Å²) in [6.45, 7) is 0. The zero-order valence-corrected chi connectivity index (χ0v) is 16.7. The lowest BCUT2D eigenvalue weighted by atomic mass is 9.83. The van der Waals surface area contributed by atoms with Crippen LogP contribution in [0.3, 0.4) is 0 Å². The summed E-state index contributed by atoms with van der Waals surface area (Å²) in [6, 6.07) is 23.9. The molecule has 1 heterocycles. The van der Waals surface area contributed by atoms with Gasteiger partial charge in [-0.05, 0) is 39.7 Å². The van der Waals surface area contributed by atoms with E-state index in [1.54, 1.807) is 36.4 Å². The molecule has 1 atom stereocenters. The number of benzene rings is 3. The number of rotatable bonds is 3. The van der Waals surface area contributed by atoms with Gasteiger partial charge in [0, 0.05) is 16.1 Å². The van der Waals surface area contributed by atoms with E-state index in [2.05, 4.69) is 22.0 Å². The molecule has 0 aliphatic carbocycles. The third kappa shape index (κ3) is 3.60. The number of nitriles is 1. The van der Waals surface area contributed by atoms with Crippen LogP contribution in [0.2, 0.25) is 0 Å². The second-order valence-electron chi connectivity index (χ2n) is 6.40. The van der Waals surface area contributed by atoms with E-state index in [0.717, 1.165) is 11.1 Å². The monoisotopic (exact) mass is 446 g/mol. The molecule has 6 heteroatoms. The van der Waals surface area contributed by atoms with Gasteiger partial charge in [-0.25, -0.2) is 4.79 Å². The molecule has 1 aliphatic heterocycles. The van der Waals surface area contributed by atoms with Gasteiger partial charge in [0.2, 0.25) is 5.88 Å². The highest BCUT2D eigenvalue weighted by Crippen LogP contribution is 2.43. The number of allylic oxidation sites excluding steroid dienone is 1. The van der Waals surface area contributed by atoms with Crippen molar-refractivity contribution in [1.82, 2.24) is 0 Å². The predicted octanol–water partition coefficient (Wildman–Crippen LogP) is 4.89. The number of halogens is 1. The Hall–Kier alpha value is -3.56. The van der Waals surface area contributed by atoms with Crippen LogP contribution in [0.4, 0.5) is 0 Å². The summed E-state index contributed by atoms with van der Waals surface area (Å²) in [6.07, 6.45) is 0. The van der Waals surface area contributed by atoms with E-state index in [9.17, 15) is 10.1 Å². The Labute approximate surface area is 176 Å². The van der Waals surface area contributed by atoms with Crippen molar-refractivity contribution < 1.29 is 14.3 Å². The summed E-state index contributed by atoms with van der Waals surface area (Å²) < 4.78 is 11.8. The van der Waals surface area contributed by atoms with Crippen LogP contribution in [0.25, 0.3) is 0 Å². The fraction of sp³-hybridized carbons (Fsp3) is 0.0435. The van der Waals surface area contributed by atoms with Crippen molar-refractivity contribution in [2.75, 3.05) is 0 Å². The van der Waals surface area contributed by atoms with Gasteiger partial charge in [0.15, 0.2) is 0 Å². The van der Waals surface area contributed by atoms with Crippen LogP contribution in [0, 0.1) is 11.3 Å². The lowest BCUT2D eigenvalue weighted by Crippen LogP contribution is -2.21. The molecule has 29 heavy (non-hydrogen) atoms. The summed E-state index contributed by atoms with van der Waals surface area (Å²) in [4.78, 5) is 12.5. The molecule has 3 aromatic carbocycles. The quantitative estimate of drug-likeness (QED) is 0.457. The minimum atomic E-state index is -0.492. The first-order chi connectivity index (χ1) is 14.1. The fourth-order valence-electron chi connectivity index (χ4n) is 3.28. The zero-order chi connectivity index (χ0) is 20.4. The first-order valence-electron chi connectivity index (χ1n) is 8.81. The Balaban J connectivity index is 1.70. The lowest BCUT2D eigenvalue weighted by molar-refractivity contribution is 0.0733. The summed E-state index contributed by atoms with van der Waals surface area (Å²) in [7, 11) is 0. The van der Waals surface area contributed by atoms with E-state index < -0.39 is 5.97 Å². The molecule has 0 radical (unpaired) electrons. The number of esters is 1. The minimum absolute atomic E-state index is 0.0446. The van der Waals surface area contributed by atoms with Crippen molar-refractivity contribution in [3.63, 3.8) is 0 Å².